The number of hydrogen-bond acceptors (Lipinski definition) is 2. The van der Waals surface area contributed by atoms with E-state index in [4.69, 9.17) is 4.98 Å². The maximum Gasteiger partial charge on any atom is 0.0715 e. The molecule has 0 aliphatic carbocycles. The van der Waals surface area contributed by atoms with Crippen LogP contribution < -0.4 is 0 Å². The second kappa shape index (κ2) is 11.0. The van der Waals surface area contributed by atoms with Crippen molar-refractivity contribution < 1.29 is 0 Å². The van der Waals surface area contributed by atoms with E-state index in [-0.39, 0.29) is 0 Å². The highest BCUT2D eigenvalue weighted by molar-refractivity contribution is 7.23. The van der Waals surface area contributed by atoms with Gasteiger partial charge in [-0.05, 0) is 64.5 Å². The van der Waals surface area contributed by atoms with Crippen LogP contribution in [0.4, 0.5) is 0 Å². The molecular weight excluding hydrogens is 577 g/mol. The maximum absolute atomic E-state index is 5.15. The van der Waals surface area contributed by atoms with Crippen molar-refractivity contribution >= 4 is 43.2 Å². The quantitative estimate of drug-likeness (QED) is 0.191. The van der Waals surface area contributed by atoms with Crippen LogP contribution in [-0.4, -0.2) is 9.55 Å². The molecular formula is C43H28N2S. The monoisotopic (exact) mass is 604 g/mol. The number of para-hydroxylation sites is 1. The van der Waals surface area contributed by atoms with E-state index in [0.29, 0.717) is 0 Å². The molecule has 0 saturated carbocycles. The molecule has 46 heavy (non-hydrogen) atoms. The van der Waals surface area contributed by atoms with Crippen LogP contribution >= 0.6 is 11.3 Å². The molecule has 9 rings (SSSR count). The highest BCUT2D eigenvalue weighted by Gasteiger charge is 2.17. The van der Waals surface area contributed by atoms with Crippen molar-refractivity contribution in [3.8, 4) is 49.8 Å². The van der Waals surface area contributed by atoms with Gasteiger partial charge in [0.05, 0.1) is 22.4 Å². The fraction of sp³-hybridized carbons (Fsp3) is 0. The van der Waals surface area contributed by atoms with Crippen molar-refractivity contribution in [3.05, 3.63) is 170 Å². The molecule has 0 amide bonds. The second-order valence-electron chi connectivity index (χ2n) is 11.6. The van der Waals surface area contributed by atoms with Gasteiger partial charge in [0.2, 0.25) is 0 Å². The van der Waals surface area contributed by atoms with Gasteiger partial charge in [-0.3, -0.25) is 0 Å². The Hall–Kier alpha value is -5.77. The smallest absolute Gasteiger partial charge is 0.0715 e. The predicted molar refractivity (Wildman–Crippen MR) is 196 cm³/mol. The zero-order valence-electron chi connectivity index (χ0n) is 25.0. The Morgan fingerprint density at radius 2 is 1.02 bits per heavy atom. The van der Waals surface area contributed by atoms with Crippen molar-refractivity contribution in [3.63, 3.8) is 0 Å². The summed E-state index contributed by atoms with van der Waals surface area (Å²) in [4.78, 5) is 6.44. The van der Waals surface area contributed by atoms with Crippen molar-refractivity contribution in [2.45, 2.75) is 0 Å². The number of fused-ring (bicyclic) bond motifs is 5. The van der Waals surface area contributed by atoms with Crippen LogP contribution in [0.1, 0.15) is 0 Å². The number of aromatic nitrogens is 2. The van der Waals surface area contributed by atoms with Crippen LogP contribution in [0, 0.1) is 0 Å². The van der Waals surface area contributed by atoms with Crippen molar-refractivity contribution in [1.82, 2.24) is 9.55 Å². The summed E-state index contributed by atoms with van der Waals surface area (Å²) in [5.74, 6) is 0. The van der Waals surface area contributed by atoms with Crippen molar-refractivity contribution in [2.75, 3.05) is 0 Å². The molecule has 3 aromatic heterocycles. The number of benzene rings is 6. The minimum Gasteiger partial charge on any atom is -0.309 e. The Bertz CT molecular complexity index is 2430. The van der Waals surface area contributed by atoms with Crippen LogP contribution in [0.15, 0.2) is 170 Å². The molecule has 0 bridgehead atoms. The van der Waals surface area contributed by atoms with Crippen LogP contribution in [0.5, 0.6) is 0 Å². The molecule has 0 spiro atoms. The fourth-order valence-corrected chi connectivity index (χ4v) is 7.81. The van der Waals surface area contributed by atoms with Gasteiger partial charge in [-0.15, -0.1) is 11.3 Å². The van der Waals surface area contributed by atoms with Crippen LogP contribution in [0.3, 0.4) is 0 Å². The first-order chi connectivity index (χ1) is 22.8. The maximum atomic E-state index is 5.15. The summed E-state index contributed by atoms with van der Waals surface area (Å²) >= 11 is 1.88. The first kappa shape index (κ1) is 26.6. The van der Waals surface area contributed by atoms with E-state index in [9.17, 15) is 0 Å². The van der Waals surface area contributed by atoms with Gasteiger partial charge in [-0.1, -0.05) is 127 Å². The predicted octanol–water partition coefficient (Wildman–Crippen LogP) is 12.1. The van der Waals surface area contributed by atoms with E-state index < -0.39 is 0 Å². The highest BCUT2D eigenvalue weighted by Crippen LogP contribution is 2.43. The average molecular weight is 605 g/mol. The third-order valence-electron chi connectivity index (χ3n) is 8.80. The lowest BCUT2D eigenvalue weighted by atomic mass is 10.00. The van der Waals surface area contributed by atoms with E-state index >= 15 is 0 Å². The third-order valence-corrected chi connectivity index (χ3v) is 10.0. The Kier molecular flexibility index (Phi) is 6.36. The first-order valence-electron chi connectivity index (χ1n) is 15.5. The molecule has 0 unspecified atom stereocenters. The number of nitrogens with zero attached hydrogens (tertiary/aromatic N) is 2. The summed E-state index contributed by atoms with van der Waals surface area (Å²) in [5.41, 5.74) is 11.3. The summed E-state index contributed by atoms with van der Waals surface area (Å²) in [7, 11) is 0. The molecule has 3 heteroatoms. The molecule has 0 aliphatic heterocycles. The summed E-state index contributed by atoms with van der Waals surface area (Å²) in [6.45, 7) is 0. The normalized spacial score (nSPS) is 11.5. The zero-order chi connectivity index (χ0) is 30.5. The first-order valence-corrected chi connectivity index (χ1v) is 16.4. The van der Waals surface area contributed by atoms with E-state index in [0.717, 1.165) is 33.8 Å². The standard InChI is InChI=1S/C43H28N2S/c1-4-12-29(13-5-1)34-26-37(30-14-6-2-7-15-30)44-38(27-34)31-20-23-35(24-21-31)45-39-19-11-10-18-36(39)42-40(45)25-22-33-28-41(46-43(33)42)32-16-8-3-9-17-32/h1-28H. The third kappa shape index (κ3) is 4.52. The largest absolute Gasteiger partial charge is 0.309 e. The van der Waals surface area contributed by atoms with Gasteiger partial charge in [-0.25, -0.2) is 4.98 Å². The highest BCUT2D eigenvalue weighted by atomic mass is 32.1. The average Bonchev–Trinajstić information content (AvgIpc) is 3.72. The molecule has 0 N–H and O–H groups in total. The molecule has 0 saturated heterocycles. The second-order valence-corrected chi connectivity index (χ2v) is 12.7. The number of pyridine rings is 1. The van der Waals surface area contributed by atoms with E-state index in [1.165, 1.54) is 47.9 Å². The van der Waals surface area contributed by atoms with Gasteiger partial charge in [0.25, 0.3) is 0 Å². The Labute approximate surface area is 271 Å². The minimum absolute atomic E-state index is 0.961. The lowest BCUT2D eigenvalue weighted by Crippen LogP contribution is -1.95. The molecule has 0 aliphatic rings. The Morgan fingerprint density at radius 3 is 1.72 bits per heavy atom. The molecule has 0 atom stereocenters. The van der Waals surface area contributed by atoms with Gasteiger partial charge < -0.3 is 4.57 Å². The van der Waals surface area contributed by atoms with Gasteiger partial charge in [0.1, 0.15) is 0 Å². The summed E-state index contributed by atoms with van der Waals surface area (Å²) < 4.78 is 3.73. The molecule has 0 fully saturated rings. The molecule has 216 valence electrons. The minimum atomic E-state index is 0.961. The lowest BCUT2D eigenvalue weighted by molar-refractivity contribution is 1.18. The van der Waals surface area contributed by atoms with E-state index in [2.05, 4.69) is 168 Å². The van der Waals surface area contributed by atoms with E-state index in [1.54, 1.807) is 0 Å². The zero-order valence-corrected chi connectivity index (χ0v) is 25.8. The summed E-state index contributed by atoms with van der Waals surface area (Å²) in [5, 5.41) is 3.88. The van der Waals surface area contributed by atoms with Crippen molar-refractivity contribution in [1.29, 1.82) is 0 Å². The molecule has 6 aromatic carbocycles. The SMILES string of the molecule is c1ccc(-c2cc(-c3ccccc3)nc(-c3ccc(-n4c5ccccc5c5c6sc(-c7ccccc7)cc6ccc54)cc3)c2)cc1. The topological polar surface area (TPSA) is 17.8 Å². The van der Waals surface area contributed by atoms with Gasteiger partial charge >= 0.3 is 0 Å². The van der Waals surface area contributed by atoms with E-state index in [1.807, 2.05) is 17.4 Å². The molecule has 3 heterocycles. The van der Waals surface area contributed by atoms with Crippen LogP contribution in [0.2, 0.25) is 0 Å². The number of rotatable bonds is 5. The van der Waals surface area contributed by atoms with Crippen molar-refractivity contribution in [2.24, 2.45) is 0 Å². The summed E-state index contributed by atoms with van der Waals surface area (Å²) in [6.07, 6.45) is 0. The van der Waals surface area contributed by atoms with Gasteiger partial charge in [0, 0.05) is 37.2 Å². The molecule has 0 radical (unpaired) electrons. The van der Waals surface area contributed by atoms with Gasteiger partial charge in [0.15, 0.2) is 0 Å². The fourth-order valence-electron chi connectivity index (χ4n) is 6.59. The lowest BCUT2D eigenvalue weighted by Gasteiger charge is -2.12. The van der Waals surface area contributed by atoms with Crippen LogP contribution in [-0.2, 0) is 0 Å². The Morgan fingerprint density at radius 1 is 0.435 bits per heavy atom. The van der Waals surface area contributed by atoms with Crippen LogP contribution in [0.25, 0.3) is 81.7 Å². The number of thiophene rings is 1. The molecule has 2 nitrogen and oxygen atoms in total. The Balaban J connectivity index is 1.18. The summed E-state index contributed by atoms with van der Waals surface area (Å²) in [6, 6.07) is 60.6. The molecule has 9 aromatic rings. The van der Waals surface area contributed by atoms with Gasteiger partial charge in [-0.2, -0.15) is 0 Å². The number of hydrogen-bond donors (Lipinski definition) is 0.